The summed E-state index contributed by atoms with van der Waals surface area (Å²) in [5, 5.41) is -0.354. The van der Waals surface area contributed by atoms with E-state index >= 15 is 0 Å². The molecular weight excluding hydrogens is 372 g/mol. The summed E-state index contributed by atoms with van der Waals surface area (Å²) >= 11 is 0. The largest absolute Gasteiger partial charge is 0.468 e. The Morgan fingerprint density at radius 2 is 1.85 bits per heavy atom. The van der Waals surface area contributed by atoms with Crippen LogP contribution in [0, 0.1) is 0 Å². The van der Waals surface area contributed by atoms with E-state index in [0.717, 1.165) is 0 Å². The van der Waals surface area contributed by atoms with Gasteiger partial charge in [0.1, 0.15) is 17.2 Å². The number of carbonyl (C=O) groups is 2. The Kier molecular flexibility index (Phi) is 5.94. The van der Waals surface area contributed by atoms with Crippen molar-refractivity contribution >= 4 is 21.8 Å². The molecule has 1 aliphatic carbocycles. The number of rotatable bonds is 7. The van der Waals surface area contributed by atoms with Crippen LogP contribution < -0.4 is 0 Å². The van der Waals surface area contributed by atoms with Crippen LogP contribution in [-0.4, -0.2) is 48.3 Å². The van der Waals surface area contributed by atoms with Crippen molar-refractivity contribution in [3.8, 4) is 0 Å². The number of ether oxygens (including phenoxy) is 2. The first kappa shape index (κ1) is 21.3. The summed E-state index contributed by atoms with van der Waals surface area (Å²) < 4.78 is 34.8. The topological polar surface area (TPSA) is 113 Å². The molecule has 1 fully saturated rings. The number of nitrogens with zero attached hydrogens (tertiary/aromatic N) is 2. The summed E-state index contributed by atoms with van der Waals surface area (Å²) in [6.45, 7) is 6.71. The van der Waals surface area contributed by atoms with Gasteiger partial charge in [-0.2, -0.15) is 0 Å². The van der Waals surface area contributed by atoms with Crippen LogP contribution in [0.3, 0.4) is 0 Å². The first-order valence-corrected chi connectivity index (χ1v) is 10.5. The van der Waals surface area contributed by atoms with Gasteiger partial charge >= 0.3 is 11.9 Å². The molecule has 0 bridgehead atoms. The molecule has 1 unspecified atom stereocenters. The molecule has 0 amide bonds. The molecule has 0 N–H and O–H groups in total. The minimum atomic E-state index is -3.34. The molecule has 9 heteroatoms. The second kappa shape index (κ2) is 7.53. The van der Waals surface area contributed by atoms with Crippen molar-refractivity contribution in [1.29, 1.82) is 0 Å². The van der Waals surface area contributed by atoms with Crippen molar-refractivity contribution in [3.63, 3.8) is 0 Å². The molecule has 1 aliphatic rings. The van der Waals surface area contributed by atoms with Gasteiger partial charge in [-0.1, -0.05) is 6.92 Å². The first-order valence-electron chi connectivity index (χ1n) is 8.82. The van der Waals surface area contributed by atoms with E-state index in [2.05, 4.69) is 9.97 Å². The molecule has 0 aliphatic heterocycles. The zero-order chi connectivity index (χ0) is 20.5. The highest BCUT2D eigenvalue weighted by Crippen LogP contribution is 2.33. The first-order chi connectivity index (χ1) is 12.5. The molecule has 0 radical (unpaired) electrons. The van der Waals surface area contributed by atoms with Crippen LogP contribution in [-0.2, 0) is 40.1 Å². The van der Waals surface area contributed by atoms with E-state index in [4.69, 9.17) is 9.47 Å². The number of hydrogen-bond acceptors (Lipinski definition) is 8. The van der Waals surface area contributed by atoms with Gasteiger partial charge in [0.15, 0.2) is 9.84 Å². The molecule has 1 aromatic heterocycles. The van der Waals surface area contributed by atoms with Gasteiger partial charge in [-0.15, -0.1) is 0 Å². The fraction of sp³-hybridized carbons (Fsp3) is 0.667. The molecule has 1 aromatic rings. The van der Waals surface area contributed by atoms with Crippen LogP contribution in [0.2, 0.25) is 0 Å². The van der Waals surface area contributed by atoms with Crippen molar-refractivity contribution in [3.05, 3.63) is 23.8 Å². The standard InChI is InChI=1S/C18H26N2O6S/c1-6-18(15(21)25-5,16(22)26-17(2,3)4)13-9-10-19-14(20-13)11-27(23,24)12-7-8-12/h9-10,12H,6-8,11H2,1-5H3. The predicted octanol–water partition coefficient (Wildman–Crippen LogP) is 1.72. The smallest absolute Gasteiger partial charge is 0.330 e. The molecule has 2 rings (SSSR count). The van der Waals surface area contributed by atoms with Gasteiger partial charge in [0.2, 0.25) is 5.41 Å². The van der Waals surface area contributed by atoms with E-state index in [1.807, 2.05) is 0 Å². The lowest BCUT2D eigenvalue weighted by Gasteiger charge is -2.31. The van der Waals surface area contributed by atoms with E-state index in [1.165, 1.54) is 19.4 Å². The summed E-state index contributed by atoms with van der Waals surface area (Å²) in [6, 6.07) is 1.41. The van der Waals surface area contributed by atoms with E-state index in [0.29, 0.717) is 12.8 Å². The van der Waals surface area contributed by atoms with Gasteiger partial charge < -0.3 is 9.47 Å². The molecule has 1 atom stereocenters. The van der Waals surface area contributed by atoms with Crippen molar-refractivity contribution < 1.29 is 27.5 Å². The number of esters is 2. The van der Waals surface area contributed by atoms with Gasteiger partial charge in [0.25, 0.3) is 0 Å². The maximum absolute atomic E-state index is 12.9. The Hall–Kier alpha value is -2.03. The van der Waals surface area contributed by atoms with E-state index < -0.39 is 32.8 Å². The number of methoxy groups -OCH3 is 1. The molecule has 150 valence electrons. The SMILES string of the molecule is CCC(C(=O)OC)(C(=O)OC(C)(C)C)c1ccnc(CS(=O)(=O)C2CC2)n1. The summed E-state index contributed by atoms with van der Waals surface area (Å²) in [7, 11) is -2.16. The van der Waals surface area contributed by atoms with Crippen molar-refractivity contribution in [2.24, 2.45) is 0 Å². The average Bonchev–Trinajstić information content (AvgIpc) is 3.39. The van der Waals surface area contributed by atoms with Gasteiger partial charge in [-0.3, -0.25) is 9.59 Å². The Labute approximate surface area is 159 Å². The predicted molar refractivity (Wildman–Crippen MR) is 97.5 cm³/mol. The minimum Gasteiger partial charge on any atom is -0.468 e. The second-order valence-electron chi connectivity index (χ2n) is 7.62. The van der Waals surface area contributed by atoms with Crippen LogP contribution in [0.1, 0.15) is 58.5 Å². The third-order valence-corrected chi connectivity index (χ3v) is 6.46. The third kappa shape index (κ3) is 4.63. The quantitative estimate of drug-likeness (QED) is 0.504. The summed E-state index contributed by atoms with van der Waals surface area (Å²) in [4.78, 5) is 33.8. The number of sulfone groups is 1. The molecule has 1 saturated carbocycles. The van der Waals surface area contributed by atoms with E-state index in [1.54, 1.807) is 27.7 Å². The zero-order valence-electron chi connectivity index (χ0n) is 16.3. The molecule has 8 nitrogen and oxygen atoms in total. The molecule has 0 aromatic carbocycles. The van der Waals surface area contributed by atoms with Crippen LogP contribution >= 0.6 is 0 Å². The number of carbonyl (C=O) groups excluding carboxylic acids is 2. The van der Waals surface area contributed by atoms with E-state index in [-0.39, 0.29) is 28.9 Å². The highest BCUT2D eigenvalue weighted by Gasteiger charge is 2.51. The third-order valence-electron chi connectivity index (χ3n) is 4.32. The lowest BCUT2D eigenvalue weighted by atomic mass is 9.81. The second-order valence-corrected chi connectivity index (χ2v) is 9.90. The number of aromatic nitrogens is 2. The Balaban J connectivity index is 2.48. The normalized spacial score (nSPS) is 17.1. The maximum atomic E-state index is 12.9. The van der Waals surface area contributed by atoms with Gasteiger partial charge in [-0.05, 0) is 46.1 Å². The van der Waals surface area contributed by atoms with Crippen molar-refractivity contribution in [2.75, 3.05) is 7.11 Å². The average molecular weight is 398 g/mol. The van der Waals surface area contributed by atoms with Gasteiger partial charge in [0.05, 0.1) is 18.1 Å². The van der Waals surface area contributed by atoms with Crippen LogP contribution in [0.5, 0.6) is 0 Å². The minimum absolute atomic E-state index is 0.0421. The highest BCUT2D eigenvalue weighted by molar-refractivity contribution is 7.91. The Morgan fingerprint density at radius 1 is 1.22 bits per heavy atom. The van der Waals surface area contributed by atoms with Gasteiger partial charge in [0, 0.05) is 6.20 Å². The molecule has 0 saturated heterocycles. The van der Waals surface area contributed by atoms with E-state index in [9.17, 15) is 18.0 Å². The molecule has 0 spiro atoms. The van der Waals surface area contributed by atoms with Crippen LogP contribution in [0.25, 0.3) is 0 Å². The fourth-order valence-electron chi connectivity index (χ4n) is 2.73. The zero-order valence-corrected chi connectivity index (χ0v) is 17.1. The lowest BCUT2D eigenvalue weighted by Crippen LogP contribution is -2.48. The molecular formula is C18H26N2O6S. The highest BCUT2D eigenvalue weighted by atomic mass is 32.2. The van der Waals surface area contributed by atoms with Crippen LogP contribution in [0.4, 0.5) is 0 Å². The number of hydrogen-bond donors (Lipinski definition) is 0. The Bertz CT molecular complexity index is 826. The van der Waals surface area contributed by atoms with Crippen LogP contribution in [0.15, 0.2) is 12.3 Å². The Morgan fingerprint density at radius 3 is 2.33 bits per heavy atom. The molecule has 1 heterocycles. The summed E-state index contributed by atoms with van der Waals surface area (Å²) in [5.74, 6) is -1.89. The molecule has 27 heavy (non-hydrogen) atoms. The maximum Gasteiger partial charge on any atom is 0.330 e. The monoisotopic (exact) mass is 398 g/mol. The van der Waals surface area contributed by atoms with Gasteiger partial charge in [-0.25, -0.2) is 18.4 Å². The van der Waals surface area contributed by atoms with Crippen molar-refractivity contribution in [2.45, 2.75) is 69.0 Å². The summed E-state index contributed by atoms with van der Waals surface area (Å²) in [6.07, 6.45) is 2.67. The summed E-state index contributed by atoms with van der Waals surface area (Å²) in [5.41, 5.74) is -2.54. The van der Waals surface area contributed by atoms with Crippen molar-refractivity contribution in [1.82, 2.24) is 9.97 Å². The fourth-order valence-corrected chi connectivity index (χ4v) is 4.32. The lowest BCUT2D eigenvalue weighted by molar-refractivity contribution is -0.171.